The molecule has 0 saturated heterocycles. The van der Waals surface area contributed by atoms with Crippen molar-refractivity contribution in [3.05, 3.63) is 64.9 Å². The third-order valence-corrected chi connectivity index (χ3v) is 3.38. The molecule has 0 saturated carbocycles. The minimum absolute atomic E-state index is 0.0690. The van der Waals surface area contributed by atoms with E-state index in [1.165, 1.54) is 0 Å². The molecule has 0 aliphatic rings. The summed E-state index contributed by atoms with van der Waals surface area (Å²) in [5.74, 6) is 0.711. The molecule has 1 aromatic heterocycles. The van der Waals surface area contributed by atoms with Crippen LogP contribution in [0.5, 0.6) is 5.75 Å². The maximum absolute atomic E-state index is 12.1. The lowest BCUT2D eigenvalue weighted by Gasteiger charge is -2.03. The summed E-state index contributed by atoms with van der Waals surface area (Å²) in [5.41, 5.74) is 1.83. The summed E-state index contributed by atoms with van der Waals surface area (Å²) in [7, 11) is 0. The molecule has 0 N–H and O–H groups in total. The lowest BCUT2D eigenvalue weighted by Crippen LogP contribution is -2.10. The van der Waals surface area contributed by atoms with Crippen molar-refractivity contribution in [1.82, 2.24) is 0 Å². The monoisotopic (exact) mass is 300 g/mol. The van der Waals surface area contributed by atoms with Gasteiger partial charge in [-0.05, 0) is 49.4 Å². The van der Waals surface area contributed by atoms with Crippen LogP contribution in [0.4, 0.5) is 0 Å². The molecular formula is C17H13ClO3. The first kappa shape index (κ1) is 13.7. The Labute approximate surface area is 127 Å². The van der Waals surface area contributed by atoms with E-state index in [0.717, 1.165) is 10.9 Å². The van der Waals surface area contributed by atoms with Crippen LogP contribution in [0, 0.1) is 6.92 Å². The molecule has 0 aliphatic heterocycles. The second-order valence-electron chi connectivity index (χ2n) is 4.82. The highest BCUT2D eigenvalue weighted by Gasteiger charge is 2.13. The molecular weight excluding hydrogens is 288 g/mol. The Kier molecular flexibility index (Phi) is 3.67. The molecule has 4 heteroatoms. The molecule has 3 rings (SSSR count). The van der Waals surface area contributed by atoms with Crippen molar-refractivity contribution in [2.24, 2.45) is 0 Å². The summed E-state index contributed by atoms with van der Waals surface area (Å²) in [6.45, 7) is 1.93. The van der Waals surface area contributed by atoms with Gasteiger partial charge in [0.25, 0.3) is 0 Å². The Bertz CT molecular complexity index is 787. The fraction of sp³-hybridized carbons (Fsp3) is 0.118. The summed E-state index contributed by atoms with van der Waals surface area (Å²) >= 11 is 5.79. The highest BCUT2D eigenvalue weighted by molar-refractivity contribution is 6.30. The van der Waals surface area contributed by atoms with Gasteiger partial charge in [-0.25, -0.2) is 0 Å². The molecule has 0 bridgehead atoms. The molecule has 3 nitrogen and oxygen atoms in total. The number of carbonyl (C=O) groups excluding carboxylic acids is 1. The lowest BCUT2D eigenvalue weighted by molar-refractivity contribution is 0.0896. The molecule has 0 unspecified atom stereocenters. The number of Topliss-reactive ketones (excluding diaryl/α,β-unsaturated/α-hetero) is 1. The predicted molar refractivity (Wildman–Crippen MR) is 82.2 cm³/mol. The van der Waals surface area contributed by atoms with Gasteiger partial charge >= 0.3 is 0 Å². The largest absolute Gasteiger partial charge is 0.485 e. The fourth-order valence-corrected chi connectivity index (χ4v) is 2.18. The normalized spacial score (nSPS) is 10.8. The van der Waals surface area contributed by atoms with Crippen LogP contribution >= 0.6 is 11.6 Å². The zero-order valence-electron chi connectivity index (χ0n) is 11.4. The fourth-order valence-electron chi connectivity index (χ4n) is 2.05. The van der Waals surface area contributed by atoms with Crippen molar-refractivity contribution < 1.29 is 13.9 Å². The Morgan fingerprint density at radius 3 is 2.67 bits per heavy atom. The average molecular weight is 301 g/mol. The second-order valence-corrected chi connectivity index (χ2v) is 5.25. The Hall–Kier alpha value is -2.26. The van der Waals surface area contributed by atoms with E-state index in [2.05, 4.69) is 0 Å². The van der Waals surface area contributed by atoms with Gasteiger partial charge in [0.05, 0.1) is 0 Å². The smallest absolute Gasteiger partial charge is 0.235 e. The Morgan fingerprint density at radius 2 is 1.90 bits per heavy atom. The van der Waals surface area contributed by atoms with E-state index in [-0.39, 0.29) is 12.4 Å². The maximum Gasteiger partial charge on any atom is 0.235 e. The molecule has 1 heterocycles. The molecule has 0 aliphatic carbocycles. The first-order valence-electron chi connectivity index (χ1n) is 6.53. The van der Waals surface area contributed by atoms with Crippen LogP contribution < -0.4 is 4.74 Å². The highest BCUT2D eigenvalue weighted by atomic mass is 35.5. The van der Waals surface area contributed by atoms with Crippen LogP contribution in [0.15, 0.2) is 52.9 Å². The van der Waals surface area contributed by atoms with E-state index >= 15 is 0 Å². The molecule has 0 fully saturated rings. The number of aryl methyl sites for hydroxylation is 1. The maximum atomic E-state index is 12.1. The number of carbonyl (C=O) groups is 1. The van der Waals surface area contributed by atoms with E-state index in [1.807, 2.05) is 25.1 Å². The van der Waals surface area contributed by atoms with Gasteiger partial charge in [-0.15, -0.1) is 0 Å². The topological polar surface area (TPSA) is 39.4 Å². The van der Waals surface area contributed by atoms with E-state index < -0.39 is 0 Å². The number of benzene rings is 2. The number of rotatable bonds is 4. The van der Waals surface area contributed by atoms with Gasteiger partial charge in [-0.1, -0.05) is 23.2 Å². The van der Waals surface area contributed by atoms with Gasteiger partial charge in [-0.2, -0.15) is 0 Å². The van der Waals surface area contributed by atoms with Crippen LogP contribution in [0.25, 0.3) is 11.0 Å². The van der Waals surface area contributed by atoms with Crippen LogP contribution in [-0.4, -0.2) is 12.4 Å². The lowest BCUT2D eigenvalue weighted by atomic mass is 10.2. The molecule has 3 aromatic rings. The number of hydrogen-bond acceptors (Lipinski definition) is 3. The molecule has 0 spiro atoms. The Morgan fingerprint density at radius 1 is 1.14 bits per heavy atom. The summed E-state index contributed by atoms with van der Waals surface area (Å²) in [4.78, 5) is 12.1. The molecule has 106 valence electrons. The van der Waals surface area contributed by atoms with Gasteiger partial charge in [0.2, 0.25) is 5.78 Å². The van der Waals surface area contributed by atoms with Gasteiger partial charge in [0.15, 0.2) is 12.4 Å². The summed E-state index contributed by atoms with van der Waals surface area (Å²) < 4.78 is 11.0. The van der Waals surface area contributed by atoms with E-state index in [0.29, 0.717) is 22.1 Å². The molecule has 0 amide bonds. The Balaban J connectivity index is 1.73. The third kappa shape index (κ3) is 3.09. The van der Waals surface area contributed by atoms with Crippen LogP contribution in [0.2, 0.25) is 5.02 Å². The van der Waals surface area contributed by atoms with E-state index in [1.54, 1.807) is 30.3 Å². The first-order chi connectivity index (χ1) is 10.1. The standard InChI is InChI=1S/C17H13ClO3/c1-11-2-7-16-12(8-11)9-17(21-16)15(19)10-20-14-5-3-13(18)4-6-14/h2-9H,10H2,1H3. The first-order valence-corrected chi connectivity index (χ1v) is 6.91. The summed E-state index contributed by atoms with van der Waals surface area (Å²) in [6.07, 6.45) is 0. The van der Waals surface area contributed by atoms with Gasteiger partial charge in [0, 0.05) is 10.4 Å². The van der Waals surface area contributed by atoms with Crippen molar-refractivity contribution >= 4 is 28.4 Å². The van der Waals surface area contributed by atoms with E-state index in [4.69, 9.17) is 20.8 Å². The molecule has 0 atom stereocenters. The number of hydrogen-bond donors (Lipinski definition) is 0. The summed E-state index contributed by atoms with van der Waals surface area (Å²) in [6, 6.07) is 14.4. The molecule has 2 aromatic carbocycles. The van der Waals surface area contributed by atoms with E-state index in [9.17, 15) is 4.79 Å². The number of ether oxygens (including phenoxy) is 1. The minimum atomic E-state index is -0.196. The highest BCUT2D eigenvalue weighted by Crippen LogP contribution is 2.21. The number of ketones is 1. The number of fused-ring (bicyclic) bond motifs is 1. The van der Waals surface area contributed by atoms with Gasteiger partial charge in [-0.3, -0.25) is 4.79 Å². The molecule has 0 radical (unpaired) electrons. The van der Waals surface area contributed by atoms with Crippen LogP contribution in [0.1, 0.15) is 16.1 Å². The summed E-state index contributed by atoms with van der Waals surface area (Å²) in [5, 5.41) is 1.55. The average Bonchev–Trinajstić information content (AvgIpc) is 2.89. The van der Waals surface area contributed by atoms with Gasteiger partial charge in [0.1, 0.15) is 11.3 Å². The van der Waals surface area contributed by atoms with Crippen molar-refractivity contribution in [2.45, 2.75) is 6.92 Å². The number of halogens is 1. The van der Waals surface area contributed by atoms with Crippen LogP contribution in [-0.2, 0) is 0 Å². The predicted octanol–water partition coefficient (Wildman–Crippen LogP) is 4.66. The third-order valence-electron chi connectivity index (χ3n) is 3.13. The van der Waals surface area contributed by atoms with Crippen molar-refractivity contribution in [2.75, 3.05) is 6.61 Å². The second kappa shape index (κ2) is 5.62. The van der Waals surface area contributed by atoms with Crippen molar-refractivity contribution in [3.8, 4) is 5.75 Å². The molecule has 21 heavy (non-hydrogen) atoms. The zero-order valence-corrected chi connectivity index (χ0v) is 12.2. The quantitative estimate of drug-likeness (QED) is 0.658. The van der Waals surface area contributed by atoms with Crippen LogP contribution in [0.3, 0.4) is 0 Å². The minimum Gasteiger partial charge on any atom is -0.485 e. The van der Waals surface area contributed by atoms with Crippen molar-refractivity contribution in [3.63, 3.8) is 0 Å². The zero-order chi connectivity index (χ0) is 14.8. The number of furan rings is 1. The van der Waals surface area contributed by atoms with Crippen molar-refractivity contribution in [1.29, 1.82) is 0 Å². The SMILES string of the molecule is Cc1ccc2oc(C(=O)COc3ccc(Cl)cc3)cc2c1. The van der Waals surface area contributed by atoms with Gasteiger partial charge < -0.3 is 9.15 Å².